The number of aliphatic hydroxyl groups excluding tert-OH is 1. The van der Waals surface area contributed by atoms with E-state index in [2.05, 4.69) is 36.1 Å². The Morgan fingerprint density at radius 1 is 1.31 bits per heavy atom. The molecule has 2 rings (SSSR count). The van der Waals surface area contributed by atoms with E-state index in [9.17, 15) is 5.11 Å². The summed E-state index contributed by atoms with van der Waals surface area (Å²) in [5.41, 5.74) is 1.20. The van der Waals surface area contributed by atoms with Gasteiger partial charge in [-0.1, -0.05) is 42.5 Å². The fourth-order valence-corrected chi connectivity index (χ4v) is 2.32. The molecule has 86 valence electrons. The van der Waals surface area contributed by atoms with E-state index in [4.69, 9.17) is 0 Å². The number of aliphatic hydroxyl groups is 1. The summed E-state index contributed by atoms with van der Waals surface area (Å²) in [4.78, 5) is 2.36. The Labute approximate surface area is 97.2 Å². The van der Waals surface area contributed by atoms with Gasteiger partial charge in [0.15, 0.2) is 0 Å². The van der Waals surface area contributed by atoms with Crippen molar-refractivity contribution in [2.75, 3.05) is 13.2 Å². The molecular weight excluding hydrogens is 198 g/mol. The van der Waals surface area contributed by atoms with Crippen LogP contribution in [0, 0.1) is 0 Å². The van der Waals surface area contributed by atoms with Crippen molar-refractivity contribution in [3.8, 4) is 0 Å². The number of hydrogen-bond acceptors (Lipinski definition) is 2. The number of rotatable bonds is 3. The van der Waals surface area contributed by atoms with Crippen molar-refractivity contribution in [1.82, 2.24) is 4.90 Å². The van der Waals surface area contributed by atoms with Crippen LogP contribution >= 0.6 is 0 Å². The molecule has 0 saturated heterocycles. The van der Waals surface area contributed by atoms with Gasteiger partial charge >= 0.3 is 0 Å². The van der Waals surface area contributed by atoms with E-state index >= 15 is 0 Å². The molecule has 1 aromatic rings. The van der Waals surface area contributed by atoms with Gasteiger partial charge in [0.25, 0.3) is 0 Å². The minimum Gasteiger partial charge on any atom is -0.394 e. The van der Waals surface area contributed by atoms with Gasteiger partial charge < -0.3 is 5.11 Å². The van der Waals surface area contributed by atoms with Crippen molar-refractivity contribution in [2.24, 2.45) is 0 Å². The Morgan fingerprint density at radius 2 is 2.06 bits per heavy atom. The second-order valence-electron chi connectivity index (χ2n) is 4.36. The third kappa shape index (κ3) is 2.34. The maximum atomic E-state index is 9.58. The van der Waals surface area contributed by atoms with Crippen molar-refractivity contribution >= 4 is 0 Å². The Hall–Kier alpha value is -1.12. The third-order valence-corrected chi connectivity index (χ3v) is 3.28. The quantitative estimate of drug-likeness (QED) is 0.786. The van der Waals surface area contributed by atoms with E-state index in [1.54, 1.807) is 0 Å². The van der Waals surface area contributed by atoms with Gasteiger partial charge in [-0.15, -0.1) is 0 Å². The van der Waals surface area contributed by atoms with Crippen LogP contribution in [0.15, 0.2) is 42.5 Å². The number of benzene rings is 1. The van der Waals surface area contributed by atoms with Gasteiger partial charge in [-0.25, -0.2) is 0 Å². The van der Waals surface area contributed by atoms with Crippen LogP contribution in [0.2, 0.25) is 0 Å². The first-order valence-corrected chi connectivity index (χ1v) is 5.89. The number of nitrogens with zero attached hydrogens (tertiary/aromatic N) is 1. The largest absolute Gasteiger partial charge is 0.394 e. The highest BCUT2D eigenvalue weighted by atomic mass is 16.3. The van der Waals surface area contributed by atoms with Crippen LogP contribution in [0.4, 0.5) is 0 Å². The summed E-state index contributed by atoms with van der Waals surface area (Å²) in [6.45, 7) is 3.33. The lowest BCUT2D eigenvalue weighted by Crippen LogP contribution is -2.40. The maximum absolute atomic E-state index is 9.58. The fourth-order valence-electron chi connectivity index (χ4n) is 2.32. The molecule has 1 aliphatic rings. The van der Waals surface area contributed by atoms with Crippen molar-refractivity contribution < 1.29 is 5.11 Å². The minimum atomic E-state index is 0.126. The molecule has 0 aromatic heterocycles. The van der Waals surface area contributed by atoms with Crippen LogP contribution in [0.25, 0.3) is 0 Å². The van der Waals surface area contributed by atoms with Gasteiger partial charge in [0, 0.05) is 12.6 Å². The lowest BCUT2D eigenvalue weighted by molar-refractivity contribution is 0.0967. The molecule has 0 amide bonds. The predicted octanol–water partition coefficient (Wildman–Crippen LogP) is 2.37. The van der Waals surface area contributed by atoms with Gasteiger partial charge in [0.2, 0.25) is 0 Å². The van der Waals surface area contributed by atoms with Crippen molar-refractivity contribution in [3.05, 3.63) is 48.0 Å². The molecule has 2 heteroatoms. The van der Waals surface area contributed by atoms with E-state index < -0.39 is 0 Å². The average Bonchev–Trinajstić information content (AvgIpc) is 2.34. The number of hydrogen-bond donors (Lipinski definition) is 1. The Kier molecular flexibility index (Phi) is 3.75. The molecule has 0 saturated carbocycles. The van der Waals surface area contributed by atoms with Crippen LogP contribution in [-0.4, -0.2) is 29.2 Å². The fraction of sp³-hybridized carbons (Fsp3) is 0.429. The molecule has 1 N–H and O–H groups in total. The van der Waals surface area contributed by atoms with E-state index in [1.165, 1.54) is 5.56 Å². The summed E-state index contributed by atoms with van der Waals surface area (Å²) in [6.07, 6.45) is 5.48. The van der Waals surface area contributed by atoms with E-state index in [1.807, 2.05) is 18.2 Å². The average molecular weight is 217 g/mol. The molecule has 0 aliphatic carbocycles. The lowest BCUT2D eigenvalue weighted by Gasteiger charge is -2.36. The molecule has 2 unspecified atom stereocenters. The summed E-state index contributed by atoms with van der Waals surface area (Å²) in [7, 11) is 0. The molecule has 0 fully saturated rings. The van der Waals surface area contributed by atoms with Gasteiger partial charge in [-0.2, -0.15) is 0 Å². The molecule has 1 aromatic carbocycles. The lowest BCUT2D eigenvalue weighted by atomic mass is 10.0. The second-order valence-corrected chi connectivity index (χ2v) is 4.36. The summed E-state index contributed by atoms with van der Waals surface area (Å²) in [6, 6.07) is 10.9. The topological polar surface area (TPSA) is 23.5 Å². The molecule has 0 bridgehead atoms. The van der Waals surface area contributed by atoms with Crippen molar-refractivity contribution in [2.45, 2.75) is 25.4 Å². The predicted molar refractivity (Wildman–Crippen MR) is 66.2 cm³/mol. The van der Waals surface area contributed by atoms with Crippen LogP contribution in [-0.2, 0) is 0 Å². The monoisotopic (exact) mass is 217 g/mol. The maximum Gasteiger partial charge on any atom is 0.0628 e. The molecule has 0 radical (unpaired) electrons. The second kappa shape index (κ2) is 5.28. The zero-order valence-corrected chi connectivity index (χ0v) is 9.71. The summed E-state index contributed by atoms with van der Waals surface area (Å²) >= 11 is 0. The van der Waals surface area contributed by atoms with Gasteiger partial charge in [-0.3, -0.25) is 4.90 Å². The molecule has 1 aliphatic heterocycles. The van der Waals surface area contributed by atoms with Crippen LogP contribution in [0.1, 0.15) is 24.9 Å². The van der Waals surface area contributed by atoms with Crippen molar-refractivity contribution in [3.63, 3.8) is 0 Å². The van der Waals surface area contributed by atoms with Gasteiger partial charge in [-0.05, 0) is 18.9 Å². The highest BCUT2D eigenvalue weighted by Gasteiger charge is 2.24. The molecule has 2 nitrogen and oxygen atoms in total. The van der Waals surface area contributed by atoms with E-state index in [0.717, 1.165) is 13.0 Å². The van der Waals surface area contributed by atoms with Gasteiger partial charge in [0.1, 0.15) is 0 Å². The van der Waals surface area contributed by atoms with Crippen molar-refractivity contribution in [1.29, 1.82) is 0 Å². The first kappa shape index (κ1) is 11.4. The van der Waals surface area contributed by atoms with Gasteiger partial charge in [0.05, 0.1) is 12.6 Å². The molecule has 16 heavy (non-hydrogen) atoms. The zero-order chi connectivity index (χ0) is 11.4. The zero-order valence-electron chi connectivity index (χ0n) is 9.71. The summed E-state index contributed by atoms with van der Waals surface area (Å²) in [5.74, 6) is 0. The minimum absolute atomic E-state index is 0.126. The normalized spacial score (nSPS) is 23.2. The smallest absolute Gasteiger partial charge is 0.0628 e. The standard InChI is InChI=1S/C14H19NO/c1-12-7-5-6-10-15(12)14(11-16)13-8-3-2-4-9-13/h2-6,8-9,12,14,16H,7,10-11H2,1H3. The van der Waals surface area contributed by atoms with E-state index in [-0.39, 0.29) is 12.6 Å². The van der Waals surface area contributed by atoms with Crippen LogP contribution in [0.3, 0.4) is 0 Å². The molecule has 2 atom stereocenters. The SMILES string of the molecule is CC1CC=CCN1C(CO)c1ccccc1. The highest BCUT2D eigenvalue weighted by molar-refractivity contribution is 5.20. The Balaban J connectivity index is 2.19. The van der Waals surface area contributed by atoms with E-state index in [0.29, 0.717) is 6.04 Å². The Morgan fingerprint density at radius 3 is 2.69 bits per heavy atom. The Bertz CT molecular complexity index is 347. The molecule has 0 spiro atoms. The van der Waals surface area contributed by atoms with Crippen LogP contribution < -0.4 is 0 Å². The summed E-state index contributed by atoms with van der Waals surface area (Å²) < 4.78 is 0. The molecular formula is C14H19NO. The first-order chi connectivity index (χ1) is 7.83. The summed E-state index contributed by atoms with van der Waals surface area (Å²) in [5, 5.41) is 9.58. The third-order valence-electron chi connectivity index (χ3n) is 3.28. The molecule has 1 heterocycles. The van der Waals surface area contributed by atoms with Crippen LogP contribution in [0.5, 0.6) is 0 Å². The first-order valence-electron chi connectivity index (χ1n) is 5.89. The highest BCUT2D eigenvalue weighted by Crippen LogP contribution is 2.25.